The fourth-order valence-corrected chi connectivity index (χ4v) is 3.99. The topological polar surface area (TPSA) is 106 Å². The lowest BCUT2D eigenvalue weighted by Crippen LogP contribution is -2.42. The number of aromatic nitrogens is 1. The molecule has 0 aliphatic carbocycles. The van der Waals surface area contributed by atoms with Crippen LogP contribution < -0.4 is 10.1 Å². The van der Waals surface area contributed by atoms with Gasteiger partial charge in [-0.15, -0.1) is 0 Å². The highest BCUT2D eigenvalue weighted by Crippen LogP contribution is 2.23. The maximum atomic E-state index is 12.7. The van der Waals surface area contributed by atoms with E-state index in [0.29, 0.717) is 22.4 Å². The van der Waals surface area contributed by atoms with Gasteiger partial charge >= 0.3 is 11.9 Å². The van der Waals surface area contributed by atoms with Crippen molar-refractivity contribution in [3.8, 4) is 16.9 Å². The molecule has 4 aromatic rings. The van der Waals surface area contributed by atoms with Gasteiger partial charge in [0, 0.05) is 24.4 Å². The highest BCUT2D eigenvalue weighted by molar-refractivity contribution is 5.96. The van der Waals surface area contributed by atoms with Gasteiger partial charge in [-0.05, 0) is 70.1 Å². The van der Waals surface area contributed by atoms with E-state index in [1.165, 1.54) is 0 Å². The Morgan fingerprint density at radius 3 is 2.05 bits per heavy atom. The summed E-state index contributed by atoms with van der Waals surface area (Å²) in [5.41, 5.74) is 4.38. The van der Waals surface area contributed by atoms with Crippen LogP contribution in [0.15, 0.2) is 97.3 Å². The monoisotopic (exact) mass is 522 g/mol. The van der Waals surface area contributed by atoms with E-state index in [1.54, 1.807) is 60.9 Å². The number of hydrogen-bond donors (Lipinski definition) is 2. The molecule has 0 radical (unpaired) electrons. The van der Waals surface area contributed by atoms with Crippen LogP contribution in [0.5, 0.6) is 5.75 Å². The second-order valence-electron chi connectivity index (χ2n) is 10.2. The van der Waals surface area contributed by atoms with Crippen LogP contribution in [-0.4, -0.2) is 34.0 Å². The molecule has 7 heteroatoms. The molecule has 0 bridgehead atoms. The highest BCUT2D eigenvalue weighted by Gasteiger charge is 2.22. The Morgan fingerprint density at radius 2 is 1.49 bits per heavy atom. The van der Waals surface area contributed by atoms with Gasteiger partial charge in [0.2, 0.25) is 0 Å². The maximum absolute atomic E-state index is 12.7. The first kappa shape index (κ1) is 27.3. The summed E-state index contributed by atoms with van der Waals surface area (Å²) < 4.78 is 5.47. The molecule has 198 valence electrons. The zero-order valence-electron chi connectivity index (χ0n) is 22.0. The standard InChI is InChI=1S/C32H30N2O5/c1-32(2,3)26-14-12-23(13-15-26)29(35)34-28(30(36)37)19-21-6-16-27(17-7-21)39-31(38)24-10-8-22(9-11-24)25-5-4-18-33-20-25/h4-18,20,28H,19H2,1-3H3,(H,34,35)(H,36,37)/t28-/m0/s1. The van der Waals surface area contributed by atoms with Crippen LogP contribution in [0.25, 0.3) is 11.1 Å². The summed E-state index contributed by atoms with van der Waals surface area (Å²) in [5.74, 6) is -1.77. The summed E-state index contributed by atoms with van der Waals surface area (Å²) in [5, 5.41) is 12.3. The summed E-state index contributed by atoms with van der Waals surface area (Å²) in [6, 6.07) is 23.4. The number of nitrogens with one attached hydrogen (secondary N) is 1. The Bertz CT molecular complexity index is 1440. The number of ether oxygens (including phenoxy) is 1. The summed E-state index contributed by atoms with van der Waals surface area (Å²) >= 11 is 0. The quantitative estimate of drug-likeness (QED) is 0.227. The number of benzene rings is 3. The van der Waals surface area contributed by atoms with Gasteiger partial charge in [0.1, 0.15) is 11.8 Å². The predicted molar refractivity (Wildman–Crippen MR) is 149 cm³/mol. The zero-order valence-corrected chi connectivity index (χ0v) is 22.0. The van der Waals surface area contributed by atoms with Crippen molar-refractivity contribution in [2.45, 2.75) is 38.6 Å². The van der Waals surface area contributed by atoms with Crippen molar-refractivity contribution in [1.29, 1.82) is 0 Å². The number of carbonyl (C=O) groups is 3. The lowest BCUT2D eigenvalue weighted by atomic mass is 9.86. The number of carbonyl (C=O) groups excluding carboxylic acids is 2. The third-order valence-electron chi connectivity index (χ3n) is 6.31. The average Bonchev–Trinajstić information content (AvgIpc) is 2.93. The van der Waals surface area contributed by atoms with Gasteiger partial charge in [-0.25, -0.2) is 9.59 Å². The number of esters is 1. The second kappa shape index (κ2) is 11.7. The minimum absolute atomic E-state index is 0.0516. The first-order chi connectivity index (χ1) is 18.6. The first-order valence-electron chi connectivity index (χ1n) is 12.6. The molecular weight excluding hydrogens is 492 g/mol. The van der Waals surface area contributed by atoms with E-state index >= 15 is 0 Å². The lowest BCUT2D eigenvalue weighted by molar-refractivity contribution is -0.139. The zero-order chi connectivity index (χ0) is 28.0. The molecule has 0 unspecified atom stereocenters. The van der Waals surface area contributed by atoms with E-state index in [1.807, 2.05) is 36.4 Å². The van der Waals surface area contributed by atoms with Crippen LogP contribution in [0, 0.1) is 0 Å². The van der Waals surface area contributed by atoms with E-state index < -0.39 is 23.9 Å². The van der Waals surface area contributed by atoms with Crippen molar-refractivity contribution in [3.05, 3.63) is 120 Å². The second-order valence-corrected chi connectivity index (χ2v) is 10.2. The molecule has 0 fully saturated rings. The molecule has 0 saturated carbocycles. The molecule has 3 aromatic carbocycles. The molecule has 0 saturated heterocycles. The highest BCUT2D eigenvalue weighted by atomic mass is 16.5. The largest absolute Gasteiger partial charge is 0.480 e. The van der Waals surface area contributed by atoms with E-state index in [9.17, 15) is 19.5 Å². The summed E-state index contributed by atoms with van der Waals surface area (Å²) in [7, 11) is 0. The predicted octanol–water partition coefficient (Wildman–Crippen LogP) is 5.69. The Labute approximate surface area is 227 Å². The van der Waals surface area contributed by atoms with Crippen molar-refractivity contribution in [1.82, 2.24) is 10.3 Å². The molecule has 1 heterocycles. The normalized spacial score (nSPS) is 11.9. The third kappa shape index (κ3) is 7.17. The van der Waals surface area contributed by atoms with Gasteiger partial charge < -0.3 is 15.2 Å². The number of pyridine rings is 1. The summed E-state index contributed by atoms with van der Waals surface area (Å²) in [6.07, 6.45) is 3.52. The number of carboxylic acid groups (broad SMARTS) is 1. The van der Waals surface area contributed by atoms with Crippen molar-refractivity contribution < 1.29 is 24.2 Å². The van der Waals surface area contributed by atoms with Gasteiger partial charge in [0.05, 0.1) is 5.56 Å². The van der Waals surface area contributed by atoms with Crippen molar-refractivity contribution in [3.63, 3.8) is 0 Å². The van der Waals surface area contributed by atoms with Crippen molar-refractivity contribution in [2.24, 2.45) is 0 Å². The van der Waals surface area contributed by atoms with Gasteiger partial charge in [-0.3, -0.25) is 9.78 Å². The lowest BCUT2D eigenvalue weighted by Gasteiger charge is -2.19. The fraction of sp³-hybridized carbons (Fsp3) is 0.188. The molecule has 0 aliphatic rings. The number of rotatable bonds is 8. The first-order valence-corrected chi connectivity index (χ1v) is 12.6. The van der Waals surface area contributed by atoms with Crippen LogP contribution in [0.4, 0.5) is 0 Å². The van der Waals surface area contributed by atoms with Crippen LogP contribution >= 0.6 is 0 Å². The van der Waals surface area contributed by atoms with Gasteiger partial charge in [0.15, 0.2) is 0 Å². The number of nitrogens with zero attached hydrogens (tertiary/aromatic N) is 1. The minimum Gasteiger partial charge on any atom is -0.480 e. The van der Waals surface area contributed by atoms with Crippen LogP contribution in [0.2, 0.25) is 0 Å². The van der Waals surface area contributed by atoms with Crippen LogP contribution in [0.3, 0.4) is 0 Å². The average molecular weight is 523 g/mol. The molecular formula is C32H30N2O5. The number of hydrogen-bond acceptors (Lipinski definition) is 5. The van der Waals surface area contributed by atoms with E-state index in [4.69, 9.17) is 4.74 Å². The SMILES string of the molecule is CC(C)(C)c1ccc(C(=O)N[C@@H](Cc2ccc(OC(=O)c3ccc(-c4cccnc4)cc3)cc2)C(=O)O)cc1. The Morgan fingerprint density at radius 1 is 0.846 bits per heavy atom. The van der Waals surface area contributed by atoms with Gasteiger partial charge in [0.25, 0.3) is 5.91 Å². The summed E-state index contributed by atoms with van der Waals surface area (Å²) in [6.45, 7) is 6.24. The summed E-state index contributed by atoms with van der Waals surface area (Å²) in [4.78, 5) is 41.2. The van der Waals surface area contributed by atoms with Crippen LogP contribution in [-0.2, 0) is 16.6 Å². The Balaban J connectivity index is 1.36. The van der Waals surface area contributed by atoms with Crippen molar-refractivity contribution >= 4 is 17.8 Å². The number of carboxylic acids is 1. The van der Waals surface area contributed by atoms with Crippen molar-refractivity contribution in [2.75, 3.05) is 0 Å². The van der Waals surface area contributed by atoms with E-state index in [2.05, 4.69) is 31.1 Å². The Kier molecular flexibility index (Phi) is 8.20. The number of aliphatic carboxylic acids is 1. The maximum Gasteiger partial charge on any atom is 0.343 e. The van der Waals surface area contributed by atoms with E-state index in [-0.39, 0.29) is 11.8 Å². The molecule has 1 atom stereocenters. The minimum atomic E-state index is -1.14. The Hall–Kier alpha value is -4.78. The molecule has 0 spiro atoms. The number of amides is 1. The molecule has 4 rings (SSSR count). The smallest absolute Gasteiger partial charge is 0.343 e. The van der Waals surface area contributed by atoms with E-state index in [0.717, 1.165) is 16.7 Å². The van der Waals surface area contributed by atoms with Gasteiger partial charge in [-0.2, -0.15) is 0 Å². The molecule has 0 aliphatic heterocycles. The molecule has 1 aromatic heterocycles. The van der Waals surface area contributed by atoms with Gasteiger partial charge in [-0.1, -0.05) is 63.2 Å². The molecule has 2 N–H and O–H groups in total. The molecule has 39 heavy (non-hydrogen) atoms. The molecule has 7 nitrogen and oxygen atoms in total. The third-order valence-corrected chi connectivity index (χ3v) is 6.31. The van der Waals surface area contributed by atoms with Crippen LogP contribution in [0.1, 0.15) is 52.6 Å². The molecule has 1 amide bonds. The fourth-order valence-electron chi connectivity index (χ4n) is 3.99.